The Morgan fingerprint density at radius 1 is 0.969 bits per heavy atom. The monoisotopic (exact) mass is 438 g/mol. The van der Waals surface area contributed by atoms with Crippen molar-refractivity contribution in [1.29, 1.82) is 0 Å². The minimum atomic E-state index is 0.00123. The number of rotatable bonds is 7. The van der Waals surface area contributed by atoms with E-state index in [1.165, 1.54) is 5.56 Å². The molecule has 0 atom stereocenters. The maximum atomic E-state index is 12.7. The van der Waals surface area contributed by atoms with Crippen molar-refractivity contribution in [2.75, 3.05) is 64.0 Å². The molecule has 4 rings (SSSR count). The average molecular weight is 439 g/mol. The highest BCUT2D eigenvalue weighted by molar-refractivity contribution is 5.74. The average Bonchev–Trinajstić information content (AvgIpc) is 2.84. The van der Waals surface area contributed by atoms with Gasteiger partial charge in [0.05, 0.1) is 25.5 Å². The first-order chi connectivity index (χ1) is 15.7. The lowest BCUT2D eigenvalue weighted by atomic mass is 10.1. The molecule has 0 saturated carbocycles. The number of urea groups is 1. The summed E-state index contributed by atoms with van der Waals surface area (Å²) in [7, 11) is 0. The molecule has 1 N–H and O–H groups in total. The van der Waals surface area contributed by atoms with E-state index in [1.54, 1.807) is 0 Å². The van der Waals surface area contributed by atoms with Crippen LogP contribution in [0.4, 0.5) is 10.5 Å². The lowest BCUT2D eigenvalue weighted by molar-refractivity contribution is 0.0342. The molecule has 0 aromatic heterocycles. The van der Waals surface area contributed by atoms with Crippen LogP contribution in [0.5, 0.6) is 5.75 Å². The molecule has 2 heterocycles. The standard InChI is InChI=1S/C25H34N4O3/c1-2-32-24-9-4-3-8-23(24)28-10-12-29(13-11-28)25(30)26-19-21-6-5-7-22(18-21)20-27-14-16-31-17-15-27/h3-9,18H,2,10-17,19-20H2,1H3,(H,26,30). The minimum Gasteiger partial charge on any atom is -0.492 e. The van der Waals surface area contributed by atoms with Gasteiger partial charge in [0.25, 0.3) is 0 Å². The normalized spacial score (nSPS) is 17.3. The number of hydrogen-bond donors (Lipinski definition) is 1. The van der Waals surface area contributed by atoms with Gasteiger partial charge in [-0.25, -0.2) is 4.79 Å². The predicted molar refractivity (Wildman–Crippen MR) is 126 cm³/mol. The summed E-state index contributed by atoms with van der Waals surface area (Å²) in [4.78, 5) is 19.3. The van der Waals surface area contributed by atoms with Crippen molar-refractivity contribution in [3.63, 3.8) is 0 Å². The maximum absolute atomic E-state index is 12.7. The van der Waals surface area contributed by atoms with Crippen molar-refractivity contribution in [3.8, 4) is 5.75 Å². The van der Waals surface area contributed by atoms with Gasteiger partial charge in [0.15, 0.2) is 0 Å². The van der Waals surface area contributed by atoms with E-state index in [0.717, 1.165) is 62.9 Å². The van der Waals surface area contributed by atoms with Crippen LogP contribution in [0.1, 0.15) is 18.1 Å². The van der Waals surface area contributed by atoms with E-state index in [0.29, 0.717) is 26.2 Å². The van der Waals surface area contributed by atoms with Gasteiger partial charge in [0.1, 0.15) is 5.75 Å². The summed E-state index contributed by atoms with van der Waals surface area (Å²) < 4.78 is 11.2. The van der Waals surface area contributed by atoms with Crippen LogP contribution in [0.3, 0.4) is 0 Å². The Balaban J connectivity index is 1.25. The number of morpholine rings is 1. The van der Waals surface area contributed by atoms with Gasteiger partial charge in [-0.1, -0.05) is 36.4 Å². The van der Waals surface area contributed by atoms with Gasteiger partial charge >= 0.3 is 6.03 Å². The van der Waals surface area contributed by atoms with Crippen LogP contribution < -0.4 is 15.0 Å². The molecule has 7 nitrogen and oxygen atoms in total. The van der Waals surface area contributed by atoms with Crippen LogP contribution in [0.2, 0.25) is 0 Å². The Kier molecular flexibility index (Phi) is 7.85. The van der Waals surface area contributed by atoms with Crippen molar-refractivity contribution in [1.82, 2.24) is 15.1 Å². The van der Waals surface area contributed by atoms with Gasteiger partial charge < -0.3 is 24.6 Å². The fourth-order valence-electron chi connectivity index (χ4n) is 4.29. The summed E-state index contributed by atoms with van der Waals surface area (Å²) in [5.74, 6) is 0.907. The topological polar surface area (TPSA) is 57.3 Å². The van der Waals surface area contributed by atoms with Crippen molar-refractivity contribution in [3.05, 3.63) is 59.7 Å². The highest BCUT2D eigenvalue weighted by atomic mass is 16.5. The Bertz CT molecular complexity index is 877. The van der Waals surface area contributed by atoms with E-state index in [4.69, 9.17) is 9.47 Å². The van der Waals surface area contributed by atoms with Crippen LogP contribution in [0, 0.1) is 0 Å². The molecule has 2 saturated heterocycles. The summed E-state index contributed by atoms with van der Waals surface area (Å²) >= 11 is 0. The first-order valence-corrected chi connectivity index (χ1v) is 11.6. The second kappa shape index (κ2) is 11.2. The predicted octanol–water partition coefficient (Wildman–Crippen LogP) is 2.95. The van der Waals surface area contributed by atoms with Crippen molar-refractivity contribution in [2.45, 2.75) is 20.0 Å². The molecule has 172 valence electrons. The molecule has 2 fully saturated rings. The zero-order chi connectivity index (χ0) is 22.2. The quantitative estimate of drug-likeness (QED) is 0.720. The number of amides is 2. The number of hydrogen-bond acceptors (Lipinski definition) is 5. The Hall–Kier alpha value is -2.77. The second-order valence-electron chi connectivity index (χ2n) is 8.24. The number of carbonyl (C=O) groups excluding carboxylic acids is 1. The lowest BCUT2D eigenvalue weighted by Crippen LogP contribution is -2.51. The zero-order valence-corrected chi connectivity index (χ0v) is 19.0. The van der Waals surface area contributed by atoms with Crippen LogP contribution >= 0.6 is 0 Å². The van der Waals surface area contributed by atoms with Gasteiger partial charge in [-0.2, -0.15) is 0 Å². The number of nitrogens with zero attached hydrogens (tertiary/aromatic N) is 3. The van der Waals surface area contributed by atoms with Gasteiger partial charge in [0, 0.05) is 52.4 Å². The Morgan fingerprint density at radius 2 is 1.72 bits per heavy atom. The Morgan fingerprint density at radius 3 is 2.50 bits per heavy atom. The number of anilines is 1. The van der Waals surface area contributed by atoms with Gasteiger partial charge in [0.2, 0.25) is 0 Å². The summed E-state index contributed by atoms with van der Waals surface area (Å²) in [6.07, 6.45) is 0. The highest BCUT2D eigenvalue weighted by Gasteiger charge is 2.22. The molecule has 0 spiro atoms. The van der Waals surface area contributed by atoms with E-state index in [-0.39, 0.29) is 6.03 Å². The molecular formula is C25H34N4O3. The maximum Gasteiger partial charge on any atom is 0.317 e. The van der Waals surface area contributed by atoms with Crippen LogP contribution in [-0.2, 0) is 17.8 Å². The third-order valence-electron chi connectivity index (χ3n) is 6.02. The zero-order valence-electron chi connectivity index (χ0n) is 19.0. The third-order valence-corrected chi connectivity index (χ3v) is 6.02. The first-order valence-electron chi connectivity index (χ1n) is 11.6. The summed E-state index contributed by atoms with van der Waals surface area (Å²) in [5.41, 5.74) is 3.51. The molecule has 0 bridgehead atoms. The van der Waals surface area contributed by atoms with E-state index in [9.17, 15) is 4.79 Å². The van der Waals surface area contributed by atoms with E-state index < -0.39 is 0 Å². The molecule has 2 aromatic rings. The highest BCUT2D eigenvalue weighted by Crippen LogP contribution is 2.28. The molecular weight excluding hydrogens is 404 g/mol. The molecule has 2 aliphatic rings. The molecule has 0 aliphatic carbocycles. The van der Waals surface area contributed by atoms with Crippen molar-refractivity contribution in [2.24, 2.45) is 0 Å². The second-order valence-corrected chi connectivity index (χ2v) is 8.24. The molecule has 7 heteroatoms. The van der Waals surface area contributed by atoms with Gasteiger partial charge in [-0.15, -0.1) is 0 Å². The number of benzene rings is 2. The molecule has 2 aliphatic heterocycles. The molecule has 0 unspecified atom stereocenters. The number of carbonyl (C=O) groups is 1. The van der Waals surface area contributed by atoms with Crippen molar-refractivity contribution >= 4 is 11.7 Å². The van der Waals surface area contributed by atoms with E-state index >= 15 is 0 Å². The van der Waals surface area contributed by atoms with Gasteiger partial charge in [-0.05, 0) is 30.2 Å². The fraction of sp³-hybridized carbons (Fsp3) is 0.480. The summed E-state index contributed by atoms with van der Waals surface area (Å²) in [6, 6.07) is 16.6. The first kappa shape index (κ1) is 22.4. The van der Waals surface area contributed by atoms with Crippen LogP contribution in [-0.4, -0.2) is 74.9 Å². The fourth-order valence-corrected chi connectivity index (χ4v) is 4.29. The molecule has 2 amide bonds. The smallest absolute Gasteiger partial charge is 0.317 e. The van der Waals surface area contributed by atoms with E-state index in [1.807, 2.05) is 30.0 Å². The van der Waals surface area contributed by atoms with E-state index in [2.05, 4.69) is 45.4 Å². The SMILES string of the molecule is CCOc1ccccc1N1CCN(C(=O)NCc2cccc(CN3CCOCC3)c2)CC1. The van der Waals surface area contributed by atoms with Crippen molar-refractivity contribution < 1.29 is 14.3 Å². The molecule has 0 radical (unpaired) electrons. The number of para-hydroxylation sites is 2. The number of ether oxygens (including phenoxy) is 2. The number of piperazine rings is 1. The largest absolute Gasteiger partial charge is 0.492 e. The van der Waals surface area contributed by atoms with Crippen LogP contribution in [0.15, 0.2) is 48.5 Å². The molecule has 32 heavy (non-hydrogen) atoms. The summed E-state index contributed by atoms with van der Waals surface area (Å²) in [6.45, 7) is 10.7. The van der Waals surface area contributed by atoms with Crippen LogP contribution in [0.25, 0.3) is 0 Å². The molecule has 2 aromatic carbocycles. The number of nitrogens with one attached hydrogen (secondary N) is 1. The minimum absolute atomic E-state index is 0.00123. The van der Waals surface area contributed by atoms with Gasteiger partial charge in [-0.3, -0.25) is 4.90 Å². The lowest BCUT2D eigenvalue weighted by Gasteiger charge is -2.36. The third kappa shape index (κ3) is 5.93. The summed E-state index contributed by atoms with van der Waals surface area (Å²) in [5, 5.41) is 3.10. The Labute approximate surface area is 190 Å².